The second-order valence-electron chi connectivity index (χ2n) is 5.98. The first-order chi connectivity index (χ1) is 10.9. The molecule has 0 spiro atoms. The highest BCUT2D eigenvalue weighted by molar-refractivity contribution is 6.06. The third kappa shape index (κ3) is 3.22. The lowest BCUT2D eigenvalue weighted by Gasteiger charge is -2.08. The molecule has 0 saturated carbocycles. The quantitative estimate of drug-likeness (QED) is 0.339. The highest BCUT2D eigenvalue weighted by Gasteiger charge is 2.04. The first-order valence-electron chi connectivity index (χ1n) is 8.47. The Morgan fingerprint density at radius 2 is 1.41 bits per heavy atom. The van der Waals surface area contributed by atoms with Crippen molar-refractivity contribution >= 4 is 27.6 Å². The lowest BCUT2D eigenvalue weighted by molar-refractivity contribution is 0.675. The van der Waals surface area contributed by atoms with Crippen molar-refractivity contribution in [2.45, 2.75) is 39.0 Å². The summed E-state index contributed by atoms with van der Waals surface area (Å²) in [4.78, 5) is 0. The minimum atomic E-state index is 1.18. The predicted molar refractivity (Wildman–Crippen MR) is 99.2 cm³/mol. The zero-order valence-corrected chi connectivity index (χ0v) is 13.4. The fourth-order valence-corrected chi connectivity index (χ4v) is 3.12. The first kappa shape index (κ1) is 14.8. The summed E-state index contributed by atoms with van der Waals surface area (Å²) >= 11 is 0. The van der Waals surface area contributed by atoms with Crippen LogP contribution in [0.15, 0.2) is 60.7 Å². The predicted octanol–water partition coefficient (Wildman–Crippen LogP) is 6.98. The topological polar surface area (TPSA) is 0 Å². The molecular formula is C22H24. The van der Waals surface area contributed by atoms with E-state index in [2.05, 4.69) is 73.7 Å². The smallest absolute Gasteiger partial charge is 0.0103 e. The van der Waals surface area contributed by atoms with Crippen molar-refractivity contribution in [2.24, 2.45) is 0 Å². The van der Waals surface area contributed by atoms with Crippen LogP contribution in [-0.2, 0) is 0 Å². The Labute approximate surface area is 133 Å². The minimum Gasteiger partial charge on any atom is -0.0839 e. The van der Waals surface area contributed by atoms with E-state index in [4.69, 9.17) is 0 Å². The van der Waals surface area contributed by atoms with Crippen molar-refractivity contribution in [2.75, 3.05) is 0 Å². The fourth-order valence-electron chi connectivity index (χ4n) is 3.12. The molecule has 0 saturated heterocycles. The number of hydrogen-bond donors (Lipinski definition) is 0. The zero-order valence-electron chi connectivity index (χ0n) is 13.4. The van der Waals surface area contributed by atoms with Crippen LogP contribution >= 0.6 is 0 Å². The Kier molecular flexibility index (Phi) is 4.90. The number of benzene rings is 3. The Balaban J connectivity index is 1.96. The van der Waals surface area contributed by atoms with Gasteiger partial charge in [-0.05, 0) is 46.0 Å². The van der Waals surface area contributed by atoms with Gasteiger partial charge in [0.05, 0.1) is 0 Å². The molecule has 3 rings (SSSR count). The summed E-state index contributed by atoms with van der Waals surface area (Å²) in [7, 11) is 0. The van der Waals surface area contributed by atoms with E-state index >= 15 is 0 Å². The van der Waals surface area contributed by atoms with Gasteiger partial charge in [-0.1, -0.05) is 86.9 Å². The van der Waals surface area contributed by atoms with Gasteiger partial charge in [0.15, 0.2) is 0 Å². The van der Waals surface area contributed by atoms with E-state index in [9.17, 15) is 0 Å². The molecule has 3 aromatic carbocycles. The van der Waals surface area contributed by atoms with Gasteiger partial charge in [-0.25, -0.2) is 0 Å². The number of hydrogen-bond acceptors (Lipinski definition) is 0. The SMILES string of the molecule is CCCCCCC=Cc1c2ccccc2cc2ccccc12. The third-order valence-corrected chi connectivity index (χ3v) is 4.32. The molecule has 0 fully saturated rings. The van der Waals surface area contributed by atoms with Crippen LogP contribution < -0.4 is 0 Å². The molecule has 0 aromatic heterocycles. The van der Waals surface area contributed by atoms with Crippen LogP contribution in [-0.4, -0.2) is 0 Å². The van der Waals surface area contributed by atoms with Crippen molar-refractivity contribution < 1.29 is 0 Å². The van der Waals surface area contributed by atoms with Gasteiger partial charge in [-0.3, -0.25) is 0 Å². The maximum atomic E-state index is 2.35. The van der Waals surface area contributed by atoms with Crippen LogP contribution in [0.2, 0.25) is 0 Å². The Bertz CT molecular complexity index is 726. The zero-order chi connectivity index (χ0) is 15.2. The summed E-state index contributed by atoms with van der Waals surface area (Å²) in [6.07, 6.45) is 11.2. The van der Waals surface area contributed by atoms with Crippen LogP contribution in [0.25, 0.3) is 27.6 Å². The van der Waals surface area contributed by atoms with Crippen molar-refractivity contribution in [3.8, 4) is 0 Å². The van der Waals surface area contributed by atoms with Crippen molar-refractivity contribution in [1.29, 1.82) is 0 Å². The number of unbranched alkanes of at least 4 members (excludes halogenated alkanes) is 4. The molecule has 0 radical (unpaired) electrons. The fraction of sp³-hybridized carbons (Fsp3) is 0.273. The van der Waals surface area contributed by atoms with E-state index in [1.807, 2.05) is 0 Å². The highest BCUT2D eigenvalue weighted by Crippen LogP contribution is 2.29. The molecule has 0 atom stereocenters. The van der Waals surface area contributed by atoms with Crippen LogP contribution in [0.1, 0.15) is 44.6 Å². The standard InChI is InChI=1S/C22H24/c1-2-3-4-5-6-7-16-22-20-14-10-8-12-18(20)17-19-13-9-11-15-21(19)22/h7-17H,2-6H2,1H3. The highest BCUT2D eigenvalue weighted by atomic mass is 14.1. The third-order valence-electron chi connectivity index (χ3n) is 4.32. The van der Waals surface area contributed by atoms with E-state index < -0.39 is 0 Å². The van der Waals surface area contributed by atoms with Crippen LogP contribution in [0.3, 0.4) is 0 Å². The Morgan fingerprint density at radius 3 is 2.05 bits per heavy atom. The maximum Gasteiger partial charge on any atom is -0.0103 e. The van der Waals surface area contributed by atoms with E-state index in [0.29, 0.717) is 0 Å². The first-order valence-corrected chi connectivity index (χ1v) is 8.47. The van der Waals surface area contributed by atoms with E-state index in [1.54, 1.807) is 0 Å². The molecule has 0 bridgehead atoms. The summed E-state index contributed by atoms with van der Waals surface area (Å²) in [5.74, 6) is 0. The van der Waals surface area contributed by atoms with Gasteiger partial charge >= 0.3 is 0 Å². The van der Waals surface area contributed by atoms with Gasteiger partial charge in [-0.15, -0.1) is 0 Å². The molecule has 0 unspecified atom stereocenters. The number of fused-ring (bicyclic) bond motifs is 2. The second kappa shape index (κ2) is 7.26. The number of allylic oxidation sites excluding steroid dienone is 1. The lowest BCUT2D eigenvalue weighted by Crippen LogP contribution is -1.83. The van der Waals surface area contributed by atoms with Crippen LogP contribution in [0.4, 0.5) is 0 Å². The molecule has 3 aromatic rings. The molecular weight excluding hydrogens is 264 g/mol. The monoisotopic (exact) mass is 288 g/mol. The molecule has 0 aliphatic heterocycles. The minimum absolute atomic E-state index is 1.18. The molecule has 0 aliphatic rings. The second-order valence-corrected chi connectivity index (χ2v) is 5.98. The van der Waals surface area contributed by atoms with Crippen molar-refractivity contribution in [1.82, 2.24) is 0 Å². The van der Waals surface area contributed by atoms with Crippen molar-refractivity contribution in [3.63, 3.8) is 0 Å². The molecule has 112 valence electrons. The van der Waals surface area contributed by atoms with Crippen molar-refractivity contribution in [3.05, 3.63) is 66.2 Å². The summed E-state index contributed by atoms with van der Waals surface area (Å²) in [5, 5.41) is 5.36. The summed E-state index contributed by atoms with van der Waals surface area (Å²) < 4.78 is 0. The van der Waals surface area contributed by atoms with Gasteiger partial charge in [0.2, 0.25) is 0 Å². The lowest BCUT2D eigenvalue weighted by atomic mass is 9.96. The largest absolute Gasteiger partial charge is 0.0839 e. The maximum absolute atomic E-state index is 2.35. The molecule has 0 heteroatoms. The van der Waals surface area contributed by atoms with Gasteiger partial charge in [0.25, 0.3) is 0 Å². The average Bonchev–Trinajstić information content (AvgIpc) is 2.57. The summed E-state index contributed by atoms with van der Waals surface area (Å²) in [5.41, 5.74) is 1.36. The molecule has 0 N–H and O–H groups in total. The molecule has 0 amide bonds. The summed E-state index contributed by atoms with van der Waals surface area (Å²) in [6.45, 7) is 2.26. The van der Waals surface area contributed by atoms with E-state index in [1.165, 1.54) is 59.2 Å². The normalized spacial score (nSPS) is 11.7. The average molecular weight is 288 g/mol. The van der Waals surface area contributed by atoms with E-state index in [-0.39, 0.29) is 0 Å². The Hall–Kier alpha value is -2.08. The van der Waals surface area contributed by atoms with Gasteiger partial charge < -0.3 is 0 Å². The molecule has 0 heterocycles. The Morgan fingerprint density at radius 1 is 0.773 bits per heavy atom. The van der Waals surface area contributed by atoms with Gasteiger partial charge in [0, 0.05) is 0 Å². The molecule has 0 nitrogen and oxygen atoms in total. The van der Waals surface area contributed by atoms with Crippen LogP contribution in [0, 0.1) is 0 Å². The van der Waals surface area contributed by atoms with Crippen LogP contribution in [0.5, 0.6) is 0 Å². The number of rotatable bonds is 6. The molecule has 0 aliphatic carbocycles. The van der Waals surface area contributed by atoms with Gasteiger partial charge in [-0.2, -0.15) is 0 Å². The molecule has 22 heavy (non-hydrogen) atoms. The summed E-state index contributed by atoms with van der Waals surface area (Å²) in [6, 6.07) is 19.7. The van der Waals surface area contributed by atoms with E-state index in [0.717, 1.165) is 0 Å². The van der Waals surface area contributed by atoms with Gasteiger partial charge in [0.1, 0.15) is 0 Å².